The molecule has 0 heterocycles. The number of carbonyl (C=O) groups is 2. The van der Waals surface area contributed by atoms with Gasteiger partial charge in [-0.2, -0.15) is 0 Å². The van der Waals surface area contributed by atoms with Crippen LogP contribution >= 0.6 is 23.4 Å². The first-order valence-electron chi connectivity index (χ1n) is 7.09. The molecule has 0 radical (unpaired) electrons. The molecule has 0 aliphatic carbocycles. The number of carbonyl (C=O) groups excluding carboxylic acids is 2. The lowest BCUT2D eigenvalue weighted by molar-refractivity contribution is -0.385. The minimum absolute atomic E-state index is 0.0843. The van der Waals surface area contributed by atoms with E-state index in [9.17, 15) is 19.7 Å². The number of nitro groups is 1. The monoisotopic (exact) mass is 379 g/mol. The molecule has 0 bridgehead atoms. The Morgan fingerprint density at radius 3 is 2.48 bits per heavy atom. The summed E-state index contributed by atoms with van der Waals surface area (Å²) in [6.07, 6.45) is 0. The third kappa shape index (κ3) is 5.47. The Hall–Kier alpha value is -2.58. The summed E-state index contributed by atoms with van der Waals surface area (Å²) in [6, 6.07) is 11.3. The van der Waals surface area contributed by atoms with Crippen LogP contribution in [0.1, 0.15) is 15.9 Å². The molecule has 0 spiro atoms. The number of halogens is 1. The lowest BCUT2D eigenvalue weighted by Gasteiger charge is -2.08. The van der Waals surface area contributed by atoms with Gasteiger partial charge in [0.25, 0.3) is 11.6 Å². The van der Waals surface area contributed by atoms with Gasteiger partial charge < -0.3 is 0 Å². The molecule has 0 aliphatic heterocycles. The number of rotatable bonds is 5. The largest absolute Gasteiger partial charge is 0.282 e. The number of benzene rings is 2. The van der Waals surface area contributed by atoms with Gasteiger partial charge in [-0.1, -0.05) is 29.3 Å². The standard InChI is InChI=1S/C16H14ClN3O4S/c1-10-2-5-12(6-3-10)25-9-15(21)18-19-16(22)13-8-11(17)4-7-14(13)20(23)24/h2-8H,9H2,1H3,(H,18,21)(H,19,22). The highest BCUT2D eigenvalue weighted by Crippen LogP contribution is 2.22. The first-order chi connectivity index (χ1) is 11.9. The zero-order valence-electron chi connectivity index (χ0n) is 13.1. The minimum Gasteiger partial charge on any atom is -0.272 e. The fourth-order valence-corrected chi connectivity index (χ4v) is 2.73. The molecule has 2 rings (SSSR count). The highest BCUT2D eigenvalue weighted by atomic mass is 35.5. The number of nitrogens with zero attached hydrogens (tertiary/aromatic N) is 1. The molecule has 0 aliphatic rings. The van der Waals surface area contributed by atoms with E-state index in [0.29, 0.717) is 0 Å². The fraction of sp³-hybridized carbons (Fsp3) is 0.125. The SMILES string of the molecule is Cc1ccc(SCC(=O)NNC(=O)c2cc(Cl)ccc2[N+](=O)[O-])cc1. The van der Waals surface area contributed by atoms with Gasteiger partial charge in [-0.05, 0) is 31.2 Å². The van der Waals surface area contributed by atoms with E-state index >= 15 is 0 Å². The molecule has 0 saturated heterocycles. The molecule has 0 atom stereocenters. The van der Waals surface area contributed by atoms with Gasteiger partial charge >= 0.3 is 0 Å². The van der Waals surface area contributed by atoms with Gasteiger partial charge in [-0.25, -0.2) is 0 Å². The summed E-state index contributed by atoms with van der Waals surface area (Å²) >= 11 is 7.07. The van der Waals surface area contributed by atoms with Crippen molar-refractivity contribution in [3.8, 4) is 0 Å². The van der Waals surface area contributed by atoms with E-state index in [1.54, 1.807) is 0 Å². The number of nitrogens with one attached hydrogen (secondary N) is 2. The van der Waals surface area contributed by atoms with Crippen molar-refractivity contribution in [1.82, 2.24) is 10.9 Å². The van der Waals surface area contributed by atoms with Crippen molar-refractivity contribution < 1.29 is 14.5 Å². The van der Waals surface area contributed by atoms with Crippen molar-refractivity contribution in [2.24, 2.45) is 0 Å². The summed E-state index contributed by atoms with van der Waals surface area (Å²) < 4.78 is 0. The van der Waals surface area contributed by atoms with Crippen LogP contribution in [0.4, 0.5) is 5.69 Å². The first kappa shape index (κ1) is 18.8. The van der Waals surface area contributed by atoms with E-state index in [4.69, 9.17) is 11.6 Å². The smallest absolute Gasteiger partial charge is 0.272 e. The maximum atomic E-state index is 12.0. The van der Waals surface area contributed by atoms with Gasteiger partial charge in [0.2, 0.25) is 5.91 Å². The van der Waals surface area contributed by atoms with Gasteiger partial charge in [-0.15, -0.1) is 11.8 Å². The molecular formula is C16H14ClN3O4S. The predicted molar refractivity (Wildman–Crippen MR) is 95.6 cm³/mol. The van der Waals surface area contributed by atoms with Crippen molar-refractivity contribution >= 4 is 40.9 Å². The fourth-order valence-electron chi connectivity index (χ4n) is 1.86. The average Bonchev–Trinajstić information content (AvgIpc) is 2.58. The number of nitro benzene ring substituents is 1. The first-order valence-corrected chi connectivity index (χ1v) is 8.46. The van der Waals surface area contributed by atoms with Crippen LogP contribution in [0.15, 0.2) is 47.4 Å². The normalized spacial score (nSPS) is 10.2. The molecular weight excluding hydrogens is 366 g/mol. The zero-order chi connectivity index (χ0) is 18.4. The number of hydrazine groups is 1. The van der Waals surface area contributed by atoms with Crippen LogP contribution < -0.4 is 10.9 Å². The van der Waals surface area contributed by atoms with Crippen LogP contribution in [-0.2, 0) is 4.79 Å². The predicted octanol–water partition coefficient (Wildman–Crippen LogP) is 3.11. The molecule has 2 aromatic rings. The molecule has 0 unspecified atom stereocenters. The summed E-state index contributed by atoms with van der Waals surface area (Å²) in [5.41, 5.74) is 4.86. The Balaban J connectivity index is 1.91. The minimum atomic E-state index is -0.817. The van der Waals surface area contributed by atoms with Crippen LogP contribution in [0, 0.1) is 17.0 Å². The molecule has 7 nitrogen and oxygen atoms in total. The summed E-state index contributed by atoms with van der Waals surface area (Å²) in [6.45, 7) is 1.96. The van der Waals surface area contributed by atoms with Crippen molar-refractivity contribution in [1.29, 1.82) is 0 Å². The van der Waals surface area contributed by atoms with E-state index in [2.05, 4.69) is 10.9 Å². The van der Waals surface area contributed by atoms with E-state index in [0.717, 1.165) is 16.5 Å². The van der Waals surface area contributed by atoms with Crippen molar-refractivity contribution in [2.75, 3.05) is 5.75 Å². The number of hydrogen-bond donors (Lipinski definition) is 2. The second kappa shape index (κ2) is 8.50. The van der Waals surface area contributed by atoms with Gasteiger partial charge in [-0.3, -0.25) is 30.6 Å². The highest BCUT2D eigenvalue weighted by molar-refractivity contribution is 8.00. The molecule has 130 valence electrons. The van der Waals surface area contributed by atoms with E-state index in [1.807, 2.05) is 31.2 Å². The summed E-state index contributed by atoms with van der Waals surface area (Å²) in [4.78, 5) is 35.0. The summed E-state index contributed by atoms with van der Waals surface area (Å²) in [5.74, 6) is -1.17. The van der Waals surface area contributed by atoms with E-state index in [-0.39, 0.29) is 16.3 Å². The number of thioether (sulfide) groups is 1. The van der Waals surface area contributed by atoms with Gasteiger partial charge in [0, 0.05) is 16.0 Å². The summed E-state index contributed by atoms with van der Waals surface area (Å²) in [7, 11) is 0. The van der Waals surface area contributed by atoms with Gasteiger partial charge in [0.05, 0.1) is 10.7 Å². The molecule has 2 aromatic carbocycles. The summed E-state index contributed by atoms with van der Waals surface area (Å²) in [5, 5.41) is 11.1. The lowest BCUT2D eigenvalue weighted by Crippen LogP contribution is -2.42. The third-order valence-electron chi connectivity index (χ3n) is 3.11. The molecule has 0 saturated carbocycles. The highest BCUT2D eigenvalue weighted by Gasteiger charge is 2.20. The quantitative estimate of drug-likeness (QED) is 0.472. The lowest BCUT2D eigenvalue weighted by atomic mass is 10.2. The Morgan fingerprint density at radius 2 is 1.84 bits per heavy atom. The molecule has 0 aromatic heterocycles. The van der Waals surface area contributed by atoms with Crippen LogP contribution in [0.3, 0.4) is 0 Å². The Labute approximate surface area is 152 Å². The molecule has 25 heavy (non-hydrogen) atoms. The average molecular weight is 380 g/mol. The molecule has 2 N–H and O–H groups in total. The topological polar surface area (TPSA) is 101 Å². The van der Waals surface area contributed by atoms with Crippen LogP contribution in [0.2, 0.25) is 5.02 Å². The van der Waals surface area contributed by atoms with Crippen molar-refractivity contribution in [3.63, 3.8) is 0 Å². The number of hydrogen-bond acceptors (Lipinski definition) is 5. The van der Waals surface area contributed by atoms with Crippen LogP contribution in [-0.4, -0.2) is 22.5 Å². The van der Waals surface area contributed by atoms with Crippen LogP contribution in [0.5, 0.6) is 0 Å². The van der Waals surface area contributed by atoms with Crippen molar-refractivity contribution in [2.45, 2.75) is 11.8 Å². The second-order valence-corrected chi connectivity index (χ2v) is 6.51. The van der Waals surface area contributed by atoms with Crippen LogP contribution in [0.25, 0.3) is 0 Å². The Morgan fingerprint density at radius 1 is 1.16 bits per heavy atom. The van der Waals surface area contributed by atoms with Gasteiger partial charge in [0.1, 0.15) is 5.56 Å². The van der Waals surface area contributed by atoms with E-state index in [1.165, 1.54) is 23.9 Å². The Kier molecular flexibility index (Phi) is 6.37. The molecule has 0 fully saturated rings. The molecule has 2 amide bonds. The third-order valence-corrected chi connectivity index (χ3v) is 4.35. The Bertz CT molecular complexity index is 812. The van der Waals surface area contributed by atoms with E-state index < -0.39 is 22.4 Å². The molecule has 9 heteroatoms. The van der Waals surface area contributed by atoms with Crippen molar-refractivity contribution in [3.05, 3.63) is 68.7 Å². The van der Waals surface area contributed by atoms with Gasteiger partial charge in [0.15, 0.2) is 0 Å². The maximum Gasteiger partial charge on any atom is 0.282 e. The second-order valence-electron chi connectivity index (χ2n) is 5.02. The zero-order valence-corrected chi connectivity index (χ0v) is 14.7. The number of aryl methyl sites for hydroxylation is 1. The number of amides is 2. The maximum absolute atomic E-state index is 12.0.